The molecule has 0 aromatic carbocycles. The van der Waals surface area contributed by atoms with Crippen LogP contribution in [0.4, 0.5) is 5.82 Å². The molecular weight excluding hydrogens is 186 g/mol. The summed E-state index contributed by atoms with van der Waals surface area (Å²) in [4.78, 5) is 4.35. The predicted molar refractivity (Wildman–Crippen MR) is 65.0 cm³/mol. The van der Waals surface area contributed by atoms with E-state index in [9.17, 15) is 0 Å². The van der Waals surface area contributed by atoms with Gasteiger partial charge in [-0.2, -0.15) is 0 Å². The molecule has 84 valence electrons. The van der Waals surface area contributed by atoms with E-state index in [-0.39, 0.29) is 0 Å². The predicted octanol–water partition coefficient (Wildman–Crippen LogP) is 2.40. The number of rotatable bonds is 5. The zero-order valence-electron chi connectivity index (χ0n) is 10.0. The maximum atomic E-state index is 4.35. The topological polar surface area (TPSA) is 37.0 Å². The van der Waals surface area contributed by atoms with E-state index in [1.807, 2.05) is 12.3 Å². The van der Waals surface area contributed by atoms with Crippen LogP contribution in [-0.4, -0.2) is 17.1 Å². The van der Waals surface area contributed by atoms with Crippen LogP contribution < -0.4 is 10.6 Å². The summed E-state index contributed by atoms with van der Waals surface area (Å²) in [5.41, 5.74) is 1.22. The van der Waals surface area contributed by atoms with Gasteiger partial charge in [-0.25, -0.2) is 4.98 Å². The molecule has 0 atom stereocenters. The van der Waals surface area contributed by atoms with Crippen LogP contribution in [0.15, 0.2) is 18.3 Å². The number of nitrogens with one attached hydrogen (secondary N) is 2. The lowest BCUT2D eigenvalue weighted by molar-refractivity contribution is 0.588. The lowest BCUT2D eigenvalue weighted by atomic mass is 10.2. The summed E-state index contributed by atoms with van der Waals surface area (Å²) in [6, 6.07) is 5.07. The second-order valence-corrected chi connectivity index (χ2v) is 4.39. The maximum absolute atomic E-state index is 4.35. The minimum Gasteiger partial charge on any atom is -0.368 e. The van der Waals surface area contributed by atoms with Crippen molar-refractivity contribution in [3.63, 3.8) is 0 Å². The highest BCUT2D eigenvalue weighted by atomic mass is 15.0. The first-order chi connectivity index (χ1) is 7.08. The Morgan fingerprint density at radius 1 is 1.13 bits per heavy atom. The van der Waals surface area contributed by atoms with Crippen molar-refractivity contribution in [2.75, 3.05) is 5.32 Å². The van der Waals surface area contributed by atoms with Crippen LogP contribution in [0.2, 0.25) is 0 Å². The van der Waals surface area contributed by atoms with Crippen LogP contribution in [-0.2, 0) is 6.54 Å². The Morgan fingerprint density at radius 3 is 2.33 bits per heavy atom. The van der Waals surface area contributed by atoms with E-state index < -0.39 is 0 Å². The van der Waals surface area contributed by atoms with Gasteiger partial charge in [-0.1, -0.05) is 19.9 Å². The molecular formula is C12H21N3. The highest BCUT2D eigenvalue weighted by Gasteiger charge is 1.98. The first-order valence-electron chi connectivity index (χ1n) is 5.53. The van der Waals surface area contributed by atoms with Gasteiger partial charge in [0.15, 0.2) is 0 Å². The van der Waals surface area contributed by atoms with E-state index in [4.69, 9.17) is 0 Å². The van der Waals surface area contributed by atoms with Gasteiger partial charge in [0.25, 0.3) is 0 Å². The SMILES string of the molecule is CC(C)NCc1ccc(NC(C)C)nc1. The lowest BCUT2D eigenvalue weighted by Crippen LogP contribution is -2.21. The summed E-state index contributed by atoms with van der Waals surface area (Å²) in [6.45, 7) is 9.38. The average Bonchev–Trinajstić information content (AvgIpc) is 2.16. The molecule has 0 aliphatic heterocycles. The normalized spacial score (nSPS) is 11.1. The Morgan fingerprint density at radius 2 is 1.87 bits per heavy atom. The number of anilines is 1. The molecule has 0 aliphatic carbocycles. The fourth-order valence-corrected chi connectivity index (χ4v) is 1.23. The molecule has 0 unspecified atom stereocenters. The van der Waals surface area contributed by atoms with E-state index in [1.54, 1.807) is 0 Å². The molecule has 0 radical (unpaired) electrons. The van der Waals surface area contributed by atoms with E-state index in [0.717, 1.165) is 12.4 Å². The number of aromatic nitrogens is 1. The monoisotopic (exact) mass is 207 g/mol. The largest absolute Gasteiger partial charge is 0.368 e. The van der Waals surface area contributed by atoms with Crippen molar-refractivity contribution in [1.82, 2.24) is 10.3 Å². The summed E-state index contributed by atoms with van der Waals surface area (Å²) in [5, 5.41) is 6.63. The number of hydrogen-bond acceptors (Lipinski definition) is 3. The molecule has 1 heterocycles. The smallest absolute Gasteiger partial charge is 0.126 e. The zero-order chi connectivity index (χ0) is 11.3. The number of pyridine rings is 1. The highest BCUT2D eigenvalue weighted by molar-refractivity contribution is 5.36. The molecule has 0 aliphatic rings. The molecule has 0 saturated heterocycles. The quantitative estimate of drug-likeness (QED) is 0.778. The molecule has 0 amide bonds. The molecule has 3 nitrogen and oxygen atoms in total. The Balaban J connectivity index is 2.49. The van der Waals surface area contributed by atoms with Gasteiger partial charge >= 0.3 is 0 Å². The number of hydrogen-bond donors (Lipinski definition) is 2. The molecule has 3 heteroatoms. The van der Waals surface area contributed by atoms with Gasteiger partial charge < -0.3 is 10.6 Å². The Bertz CT molecular complexity index is 277. The minimum absolute atomic E-state index is 0.428. The lowest BCUT2D eigenvalue weighted by Gasteiger charge is -2.10. The fourth-order valence-electron chi connectivity index (χ4n) is 1.23. The Labute approximate surface area is 92.3 Å². The van der Waals surface area contributed by atoms with Gasteiger partial charge in [0.2, 0.25) is 0 Å². The van der Waals surface area contributed by atoms with Crippen LogP contribution in [0.5, 0.6) is 0 Å². The second kappa shape index (κ2) is 5.71. The molecule has 1 rings (SSSR count). The van der Waals surface area contributed by atoms with Crippen molar-refractivity contribution in [2.45, 2.75) is 46.3 Å². The summed E-state index contributed by atoms with van der Waals surface area (Å²) in [7, 11) is 0. The standard InChI is InChI=1S/C12H21N3/c1-9(2)13-7-11-5-6-12(14-8-11)15-10(3)4/h5-6,8-10,13H,7H2,1-4H3,(H,14,15). The first-order valence-corrected chi connectivity index (χ1v) is 5.53. The summed E-state index contributed by atoms with van der Waals surface area (Å²) in [5.74, 6) is 0.943. The van der Waals surface area contributed by atoms with Gasteiger partial charge in [0, 0.05) is 24.8 Å². The van der Waals surface area contributed by atoms with Crippen LogP contribution in [0.1, 0.15) is 33.3 Å². The number of nitrogens with zero attached hydrogens (tertiary/aromatic N) is 1. The fraction of sp³-hybridized carbons (Fsp3) is 0.583. The molecule has 1 aromatic heterocycles. The van der Waals surface area contributed by atoms with E-state index in [2.05, 4.69) is 49.4 Å². The van der Waals surface area contributed by atoms with Gasteiger partial charge in [-0.3, -0.25) is 0 Å². The van der Waals surface area contributed by atoms with Crippen molar-refractivity contribution < 1.29 is 0 Å². The van der Waals surface area contributed by atoms with Crippen LogP contribution >= 0.6 is 0 Å². The van der Waals surface area contributed by atoms with Gasteiger partial charge in [-0.05, 0) is 25.5 Å². The molecule has 0 fully saturated rings. The molecule has 1 aromatic rings. The third-order valence-electron chi connectivity index (χ3n) is 1.98. The molecule has 0 spiro atoms. The third-order valence-corrected chi connectivity index (χ3v) is 1.98. The zero-order valence-corrected chi connectivity index (χ0v) is 10.0. The third kappa shape index (κ3) is 4.79. The van der Waals surface area contributed by atoms with Crippen LogP contribution in [0, 0.1) is 0 Å². The molecule has 0 saturated carbocycles. The van der Waals surface area contributed by atoms with Crippen molar-refractivity contribution in [3.8, 4) is 0 Å². The highest BCUT2D eigenvalue weighted by Crippen LogP contribution is 2.06. The summed E-state index contributed by atoms with van der Waals surface area (Å²) < 4.78 is 0. The van der Waals surface area contributed by atoms with Crippen LogP contribution in [0.25, 0.3) is 0 Å². The van der Waals surface area contributed by atoms with Gasteiger partial charge in [0.05, 0.1) is 0 Å². The van der Waals surface area contributed by atoms with Crippen molar-refractivity contribution in [3.05, 3.63) is 23.9 Å². The van der Waals surface area contributed by atoms with Crippen molar-refractivity contribution in [2.24, 2.45) is 0 Å². The Kier molecular flexibility index (Phi) is 4.56. The summed E-state index contributed by atoms with van der Waals surface area (Å²) >= 11 is 0. The average molecular weight is 207 g/mol. The Hall–Kier alpha value is -1.09. The van der Waals surface area contributed by atoms with Crippen molar-refractivity contribution >= 4 is 5.82 Å². The molecule has 15 heavy (non-hydrogen) atoms. The second-order valence-electron chi connectivity index (χ2n) is 4.39. The summed E-state index contributed by atoms with van der Waals surface area (Å²) in [6.07, 6.45) is 1.92. The first kappa shape index (κ1) is 12.0. The van der Waals surface area contributed by atoms with E-state index >= 15 is 0 Å². The maximum Gasteiger partial charge on any atom is 0.126 e. The van der Waals surface area contributed by atoms with Gasteiger partial charge in [0.1, 0.15) is 5.82 Å². The van der Waals surface area contributed by atoms with Gasteiger partial charge in [-0.15, -0.1) is 0 Å². The van der Waals surface area contributed by atoms with Crippen molar-refractivity contribution in [1.29, 1.82) is 0 Å². The minimum atomic E-state index is 0.428. The van der Waals surface area contributed by atoms with E-state index in [1.165, 1.54) is 5.56 Å². The molecule has 0 bridgehead atoms. The van der Waals surface area contributed by atoms with Crippen LogP contribution in [0.3, 0.4) is 0 Å². The molecule has 2 N–H and O–H groups in total. The van der Waals surface area contributed by atoms with E-state index in [0.29, 0.717) is 12.1 Å².